The summed E-state index contributed by atoms with van der Waals surface area (Å²) in [5, 5.41) is 2.74. The topological polar surface area (TPSA) is 49.4 Å². The molecule has 1 saturated heterocycles. The van der Waals surface area contributed by atoms with Crippen LogP contribution in [0.3, 0.4) is 0 Å². The van der Waals surface area contributed by atoms with Crippen molar-refractivity contribution < 1.29 is 22.8 Å². The molecule has 21 heavy (non-hydrogen) atoms. The number of amides is 2. The second-order valence-electron chi connectivity index (χ2n) is 6.27. The Labute approximate surface area is 122 Å². The monoisotopic (exact) mass is 306 g/mol. The lowest BCUT2D eigenvalue weighted by Gasteiger charge is -2.47. The van der Waals surface area contributed by atoms with Crippen LogP contribution in [0.25, 0.3) is 0 Å². The van der Waals surface area contributed by atoms with Crippen molar-refractivity contribution in [2.24, 2.45) is 5.92 Å². The van der Waals surface area contributed by atoms with E-state index in [0.717, 1.165) is 17.7 Å². The molecule has 2 rings (SSSR count). The van der Waals surface area contributed by atoms with Crippen LogP contribution in [0.15, 0.2) is 0 Å². The van der Waals surface area contributed by atoms with E-state index in [2.05, 4.69) is 5.32 Å². The van der Waals surface area contributed by atoms with Gasteiger partial charge in [-0.3, -0.25) is 9.59 Å². The molecule has 0 bridgehead atoms. The Morgan fingerprint density at radius 1 is 1.38 bits per heavy atom. The largest absolute Gasteiger partial charge is 0.391 e. The second-order valence-corrected chi connectivity index (χ2v) is 6.27. The van der Waals surface area contributed by atoms with Crippen molar-refractivity contribution in [2.75, 3.05) is 0 Å². The van der Waals surface area contributed by atoms with E-state index in [1.165, 1.54) is 6.92 Å². The summed E-state index contributed by atoms with van der Waals surface area (Å²) in [5.41, 5.74) is -1.05. The van der Waals surface area contributed by atoms with Crippen molar-refractivity contribution in [3.63, 3.8) is 0 Å². The Balaban J connectivity index is 2.28. The van der Waals surface area contributed by atoms with Gasteiger partial charge in [-0.15, -0.1) is 0 Å². The van der Waals surface area contributed by atoms with Crippen LogP contribution in [0.1, 0.15) is 46.5 Å². The normalized spacial score (nSPS) is 32.1. The van der Waals surface area contributed by atoms with Crippen molar-refractivity contribution in [2.45, 2.75) is 70.3 Å². The number of nitrogens with one attached hydrogen (secondary N) is 1. The smallest absolute Gasteiger partial charge is 0.340 e. The maximum absolute atomic E-state index is 12.7. The minimum Gasteiger partial charge on any atom is -0.340 e. The number of alkyl halides is 3. The molecule has 120 valence electrons. The van der Waals surface area contributed by atoms with Gasteiger partial charge in [-0.25, -0.2) is 0 Å². The summed E-state index contributed by atoms with van der Waals surface area (Å²) in [4.78, 5) is 26.1. The highest BCUT2D eigenvalue weighted by atomic mass is 19.4. The van der Waals surface area contributed by atoms with Gasteiger partial charge in [0.1, 0.15) is 11.6 Å². The number of hydrogen-bond donors (Lipinski definition) is 1. The van der Waals surface area contributed by atoms with E-state index in [-0.39, 0.29) is 17.7 Å². The standard InChI is InChI=1S/C14H21F3N2O2/c1-4-10-11(20)18-13(3,9-5-6-9)12(21)19(10)8(2)7-14(15,16)17/h8-10H,4-7H2,1-3H3,(H,18,20). The van der Waals surface area contributed by atoms with Crippen LogP contribution in [0.4, 0.5) is 13.2 Å². The van der Waals surface area contributed by atoms with E-state index < -0.39 is 30.2 Å². The Morgan fingerprint density at radius 3 is 2.38 bits per heavy atom. The first kappa shape index (κ1) is 16.1. The second kappa shape index (κ2) is 5.18. The first-order valence-corrected chi connectivity index (χ1v) is 7.31. The third kappa shape index (κ3) is 3.01. The van der Waals surface area contributed by atoms with Crippen LogP contribution in [0.2, 0.25) is 0 Å². The van der Waals surface area contributed by atoms with Crippen molar-refractivity contribution in [1.29, 1.82) is 0 Å². The zero-order chi connectivity index (χ0) is 16.0. The zero-order valence-corrected chi connectivity index (χ0v) is 12.5. The van der Waals surface area contributed by atoms with E-state index in [1.807, 2.05) is 0 Å². The predicted molar refractivity (Wildman–Crippen MR) is 70.3 cm³/mol. The van der Waals surface area contributed by atoms with Crippen molar-refractivity contribution in [3.05, 3.63) is 0 Å². The van der Waals surface area contributed by atoms with Gasteiger partial charge < -0.3 is 10.2 Å². The fraction of sp³-hybridized carbons (Fsp3) is 0.857. The summed E-state index contributed by atoms with van der Waals surface area (Å²) in [5.74, 6) is -0.693. The van der Waals surface area contributed by atoms with E-state index in [9.17, 15) is 22.8 Å². The van der Waals surface area contributed by atoms with Crippen LogP contribution in [0, 0.1) is 5.92 Å². The Morgan fingerprint density at radius 2 is 1.95 bits per heavy atom. The molecule has 0 aromatic heterocycles. The highest BCUT2D eigenvalue weighted by molar-refractivity contribution is 6.00. The lowest BCUT2D eigenvalue weighted by atomic mass is 9.87. The molecule has 3 atom stereocenters. The first-order valence-electron chi connectivity index (χ1n) is 7.31. The van der Waals surface area contributed by atoms with E-state index in [1.54, 1.807) is 13.8 Å². The van der Waals surface area contributed by atoms with Crippen molar-refractivity contribution >= 4 is 11.8 Å². The highest BCUT2D eigenvalue weighted by Crippen LogP contribution is 2.43. The molecule has 1 heterocycles. The van der Waals surface area contributed by atoms with Crippen LogP contribution in [-0.2, 0) is 9.59 Å². The molecule has 1 aliphatic heterocycles. The fourth-order valence-corrected chi connectivity index (χ4v) is 3.19. The molecule has 3 unspecified atom stereocenters. The molecule has 0 aromatic rings. The van der Waals surface area contributed by atoms with Gasteiger partial charge in [-0.2, -0.15) is 13.2 Å². The zero-order valence-electron chi connectivity index (χ0n) is 12.5. The molecule has 0 spiro atoms. The number of carbonyl (C=O) groups excluding carboxylic acids is 2. The van der Waals surface area contributed by atoms with Crippen LogP contribution in [-0.4, -0.2) is 40.5 Å². The fourth-order valence-electron chi connectivity index (χ4n) is 3.19. The third-order valence-electron chi connectivity index (χ3n) is 4.48. The van der Waals surface area contributed by atoms with Gasteiger partial charge >= 0.3 is 6.18 Å². The molecule has 0 radical (unpaired) electrons. The summed E-state index contributed by atoms with van der Waals surface area (Å²) in [6, 6.07) is -1.85. The minimum absolute atomic E-state index is 0.0346. The van der Waals surface area contributed by atoms with Gasteiger partial charge in [-0.1, -0.05) is 6.92 Å². The van der Waals surface area contributed by atoms with E-state index >= 15 is 0 Å². The van der Waals surface area contributed by atoms with Gasteiger partial charge in [0, 0.05) is 6.04 Å². The molecule has 1 saturated carbocycles. The molecule has 4 nitrogen and oxygen atoms in total. The summed E-state index contributed by atoms with van der Waals surface area (Å²) >= 11 is 0. The average molecular weight is 306 g/mol. The molecule has 0 aromatic carbocycles. The molecule has 2 amide bonds. The predicted octanol–water partition coefficient (Wildman–Crippen LogP) is 2.23. The maximum Gasteiger partial charge on any atom is 0.391 e. The Bertz CT molecular complexity index is 448. The first-order chi connectivity index (χ1) is 9.60. The third-order valence-corrected chi connectivity index (χ3v) is 4.48. The van der Waals surface area contributed by atoms with Crippen LogP contribution in [0.5, 0.6) is 0 Å². The lowest BCUT2D eigenvalue weighted by molar-refractivity contribution is -0.169. The number of carbonyl (C=O) groups is 2. The molecular weight excluding hydrogens is 285 g/mol. The number of rotatable bonds is 4. The van der Waals surface area contributed by atoms with Gasteiger partial charge in [0.25, 0.3) is 0 Å². The van der Waals surface area contributed by atoms with E-state index in [0.29, 0.717) is 6.42 Å². The van der Waals surface area contributed by atoms with Gasteiger partial charge in [-0.05, 0) is 39.0 Å². The number of hydrogen-bond acceptors (Lipinski definition) is 2. The number of piperazine rings is 1. The quantitative estimate of drug-likeness (QED) is 0.866. The molecule has 1 N–H and O–H groups in total. The molecule has 2 fully saturated rings. The van der Waals surface area contributed by atoms with Gasteiger partial charge in [0.2, 0.25) is 11.8 Å². The Hall–Kier alpha value is -1.27. The molecule has 2 aliphatic rings. The highest BCUT2D eigenvalue weighted by Gasteiger charge is 2.56. The summed E-state index contributed by atoms with van der Waals surface area (Å²) < 4.78 is 37.9. The summed E-state index contributed by atoms with van der Waals surface area (Å²) in [7, 11) is 0. The van der Waals surface area contributed by atoms with E-state index in [4.69, 9.17) is 0 Å². The number of nitrogens with zero attached hydrogens (tertiary/aromatic N) is 1. The molecular formula is C14H21F3N2O2. The van der Waals surface area contributed by atoms with Gasteiger partial charge in [0.05, 0.1) is 6.42 Å². The Kier molecular flexibility index (Phi) is 3.97. The van der Waals surface area contributed by atoms with Crippen LogP contribution >= 0.6 is 0 Å². The van der Waals surface area contributed by atoms with Crippen molar-refractivity contribution in [3.8, 4) is 0 Å². The lowest BCUT2D eigenvalue weighted by Crippen LogP contribution is -2.71. The number of halogens is 3. The molecule has 1 aliphatic carbocycles. The van der Waals surface area contributed by atoms with Crippen molar-refractivity contribution in [1.82, 2.24) is 10.2 Å². The summed E-state index contributed by atoms with van der Waals surface area (Å²) in [6.45, 7) is 4.69. The SMILES string of the molecule is CCC1C(=O)NC(C)(C2CC2)C(=O)N1C(C)CC(F)(F)F. The van der Waals surface area contributed by atoms with Gasteiger partial charge in [0.15, 0.2) is 0 Å². The summed E-state index contributed by atoms with van der Waals surface area (Å²) in [6.07, 6.45) is -3.51. The average Bonchev–Trinajstić information content (AvgIpc) is 3.15. The van der Waals surface area contributed by atoms with Crippen LogP contribution < -0.4 is 5.32 Å². The molecule has 7 heteroatoms. The minimum atomic E-state index is -4.36. The maximum atomic E-state index is 12.7.